The summed E-state index contributed by atoms with van der Waals surface area (Å²) in [5, 5.41) is 21.9. The molecule has 2 heteroatoms. The summed E-state index contributed by atoms with van der Waals surface area (Å²) >= 11 is 0. The first-order chi connectivity index (χ1) is 25.2. The molecule has 1 aliphatic heterocycles. The van der Waals surface area contributed by atoms with Gasteiger partial charge >= 0.3 is 0 Å². The summed E-state index contributed by atoms with van der Waals surface area (Å²) in [6.45, 7) is 0. The third kappa shape index (κ3) is 4.04. The second-order valence-corrected chi connectivity index (χ2v) is 13.5. The van der Waals surface area contributed by atoms with Gasteiger partial charge in [0.2, 0.25) is 0 Å². The molecule has 1 aliphatic rings. The smallest absolute Gasteiger partial charge is 0.136 e. The van der Waals surface area contributed by atoms with Crippen molar-refractivity contribution in [2.45, 2.75) is 0 Å². The van der Waals surface area contributed by atoms with Crippen LogP contribution in [0.3, 0.4) is 0 Å². The molecule has 51 heavy (non-hydrogen) atoms. The maximum atomic E-state index is 9.47. The Labute approximate surface area is 294 Å². The Kier molecular flexibility index (Phi) is 5.77. The van der Waals surface area contributed by atoms with E-state index in [9.17, 15) is 5.26 Å². The van der Waals surface area contributed by atoms with Crippen molar-refractivity contribution in [2.24, 2.45) is 0 Å². The molecule has 0 fully saturated rings. The molecular formula is C49H27NO. The van der Waals surface area contributed by atoms with Crippen molar-refractivity contribution < 1.29 is 4.74 Å². The lowest BCUT2D eigenvalue weighted by Gasteiger charge is -2.23. The van der Waals surface area contributed by atoms with Crippen LogP contribution in [-0.2, 0) is 0 Å². The summed E-state index contributed by atoms with van der Waals surface area (Å²) in [5.74, 6) is 1.54. The zero-order valence-electron chi connectivity index (χ0n) is 27.4. The summed E-state index contributed by atoms with van der Waals surface area (Å²) in [6, 6.07) is 61.2. The maximum Gasteiger partial charge on any atom is 0.136 e. The van der Waals surface area contributed by atoms with Crippen LogP contribution in [0.5, 0.6) is 11.5 Å². The molecule has 0 atom stereocenters. The summed E-state index contributed by atoms with van der Waals surface area (Å²) in [6.07, 6.45) is 0. The van der Waals surface area contributed by atoms with Gasteiger partial charge < -0.3 is 4.74 Å². The second-order valence-electron chi connectivity index (χ2n) is 13.5. The van der Waals surface area contributed by atoms with Crippen LogP contribution in [0.2, 0.25) is 0 Å². The van der Waals surface area contributed by atoms with Crippen LogP contribution in [0.1, 0.15) is 5.56 Å². The first-order valence-corrected chi connectivity index (χ1v) is 17.3. The lowest BCUT2D eigenvalue weighted by molar-refractivity contribution is 0.487. The van der Waals surface area contributed by atoms with Crippen LogP contribution in [0.4, 0.5) is 0 Å². The molecule has 0 aliphatic carbocycles. The average Bonchev–Trinajstić information content (AvgIpc) is 3.19. The van der Waals surface area contributed by atoms with Crippen molar-refractivity contribution >= 4 is 53.9 Å². The van der Waals surface area contributed by atoms with Gasteiger partial charge in [-0.05, 0) is 118 Å². The number of hydrogen-bond acceptors (Lipinski definition) is 2. The van der Waals surface area contributed by atoms with E-state index in [0.717, 1.165) is 44.5 Å². The zero-order chi connectivity index (χ0) is 33.6. The van der Waals surface area contributed by atoms with Crippen molar-refractivity contribution in [3.63, 3.8) is 0 Å². The summed E-state index contributed by atoms with van der Waals surface area (Å²) in [7, 11) is 0. The van der Waals surface area contributed by atoms with E-state index < -0.39 is 0 Å². The third-order valence-corrected chi connectivity index (χ3v) is 10.9. The first-order valence-electron chi connectivity index (χ1n) is 17.3. The molecule has 0 saturated heterocycles. The number of rotatable bonds is 3. The Morgan fingerprint density at radius 2 is 0.922 bits per heavy atom. The van der Waals surface area contributed by atoms with Gasteiger partial charge in [-0.3, -0.25) is 0 Å². The predicted molar refractivity (Wildman–Crippen MR) is 212 cm³/mol. The summed E-state index contributed by atoms with van der Waals surface area (Å²) in [4.78, 5) is 0. The van der Waals surface area contributed by atoms with Crippen LogP contribution in [0.25, 0.3) is 98.4 Å². The highest BCUT2D eigenvalue weighted by molar-refractivity contribution is 6.28. The number of ether oxygens (including phenoxy) is 1. The molecule has 0 radical (unpaired) electrons. The molecule has 0 N–H and O–H groups in total. The Morgan fingerprint density at radius 1 is 0.353 bits per heavy atom. The van der Waals surface area contributed by atoms with Crippen molar-refractivity contribution in [2.75, 3.05) is 0 Å². The van der Waals surface area contributed by atoms with Crippen LogP contribution in [0.15, 0.2) is 164 Å². The summed E-state index contributed by atoms with van der Waals surface area (Å²) in [5.41, 5.74) is 9.99. The SMILES string of the molecule is N#Cc1ccc2c(c1)Oc1ccc(-c3cccc(-c4ccc5ccc6c(-c7cccc8ccccc78)ccc7ccc4c5c76)c3)c3cccc-2c13. The highest BCUT2D eigenvalue weighted by Crippen LogP contribution is 2.49. The van der Waals surface area contributed by atoms with E-state index in [0.29, 0.717) is 5.56 Å². The van der Waals surface area contributed by atoms with Gasteiger partial charge in [0, 0.05) is 10.9 Å². The van der Waals surface area contributed by atoms with E-state index in [1.54, 1.807) is 0 Å². The number of hydrogen-bond donors (Lipinski definition) is 0. The molecule has 0 bridgehead atoms. The van der Waals surface area contributed by atoms with Gasteiger partial charge in [-0.15, -0.1) is 0 Å². The molecular weight excluding hydrogens is 619 g/mol. The molecule has 0 aromatic heterocycles. The van der Waals surface area contributed by atoms with Gasteiger partial charge in [0.1, 0.15) is 11.5 Å². The number of nitriles is 1. The molecule has 2 nitrogen and oxygen atoms in total. The fourth-order valence-corrected chi connectivity index (χ4v) is 8.56. The highest BCUT2D eigenvalue weighted by atomic mass is 16.5. The summed E-state index contributed by atoms with van der Waals surface area (Å²) < 4.78 is 6.39. The van der Waals surface area contributed by atoms with Gasteiger partial charge in [-0.25, -0.2) is 0 Å². The number of benzene rings is 10. The van der Waals surface area contributed by atoms with Crippen molar-refractivity contribution in [3.05, 3.63) is 169 Å². The monoisotopic (exact) mass is 645 g/mol. The predicted octanol–water partition coefficient (Wildman–Crippen LogP) is 13.5. The minimum absolute atomic E-state index is 0.592. The molecule has 0 unspecified atom stereocenters. The fourth-order valence-electron chi connectivity index (χ4n) is 8.56. The van der Waals surface area contributed by atoms with Crippen LogP contribution in [0, 0.1) is 11.3 Å². The number of nitrogens with zero attached hydrogens (tertiary/aromatic N) is 1. The van der Waals surface area contributed by atoms with Crippen molar-refractivity contribution in [3.8, 4) is 62.1 Å². The van der Waals surface area contributed by atoms with Crippen LogP contribution < -0.4 is 4.74 Å². The average molecular weight is 646 g/mol. The molecule has 10 aromatic carbocycles. The molecule has 234 valence electrons. The molecule has 11 rings (SSSR count). The quantitative estimate of drug-likeness (QED) is 0.179. The standard InChI is InChI=1S/C49H27NO/c50-28-29-14-19-40-42-13-5-12-41-37(24-25-45(49(41)42)51-46(40)26-29)34-9-3-8-33(27-34)36-20-15-31-18-23-44-39(21-16-32-17-22-43(36)47(31)48(32)44)38-11-4-7-30-6-1-2-10-35(30)38/h1-27H. The van der Waals surface area contributed by atoms with Gasteiger partial charge in [0.25, 0.3) is 0 Å². The third-order valence-electron chi connectivity index (χ3n) is 10.9. The Hall–Kier alpha value is -6.95. The Bertz CT molecular complexity index is 3120. The first kappa shape index (κ1) is 27.9. The molecule has 0 saturated carbocycles. The van der Waals surface area contributed by atoms with Crippen LogP contribution >= 0.6 is 0 Å². The zero-order valence-corrected chi connectivity index (χ0v) is 27.4. The van der Waals surface area contributed by atoms with Crippen molar-refractivity contribution in [1.29, 1.82) is 5.26 Å². The maximum absolute atomic E-state index is 9.47. The van der Waals surface area contributed by atoms with E-state index >= 15 is 0 Å². The largest absolute Gasteiger partial charge is 0.456 e. The minimum atomic E-state index is 0.592. The topological polar surface area (TPSA) is 33.0 Å². The van der Waals surface area contributed by atoms with Gasteiger partial charge in [-0.1, -0.05) is 133 Å². The van der Waals surface area contributed by atoms with Crippen LogP contribution in [-0.4, -0.2) is 0 Å². The number of fused-ring (bicyclic) bond motifs is 3. The lowest BCUT2D eigenvalue weighted by atomic mass is 9.86. The highest BCUT2D eigenvalue weighted by Gasteiger charge is 2.22. The lowest BCUT2D eigenvalue weighted by Crippen LogP contribution is -1.98. The molecule has 0 amide bonds. The van der Waals surface area contributed by atoms with E-state index in [1.807, 2.05) is 18.2 Å². The minimum Gasteiger partial charge on any atom is -0.456 e. The second kappa shape index (κ2) is 10.5. The van der Waals surface area contributed by atoms with Gasteiger partial charge in [-0.2, -0.15) is 5.26 Å². The van der Waals surface area contributed by atoms with E-state index in [-0.39, 0.29) is 0 Å². The van der Waals surface area contributed by atoms with E-state index in [4.69, 9.17) is 4.74 Å². The van der Waals surface area contributed by atoms with E-state index in [2.05, 4.69) is 152 Å². The van der Waals surface area contributed by atoms with Gasteiger partial charge in [0.05, 0.1) is 11.6 Å². The Balaban J connectivity index is 1.09. The van der Waals surface area contributed by atoms with Gasteiger partial charge in [0.15, 0.2) is 0 Å². The van der Waals surface area contributed by atoms with E-state index in [1.165, 1.54) is 65.3 Å². The Morgan fingerprint density at radius 3 is 1.73 bits per heavy atom. The fraction of sp³-hybridized carbons (Fsp3) is 0. The molecule has 10 aromatic rings. The van der Waals surface area contributed by atoms with Crippen molar-refractivity contribution in [1.82, 2.24) is 0 Å². The molecule has 1 heterocycles. The molecule has 0 spiro atoms. The normalized spacial score (nSPS) is 12.1.